The molecule has 0 aliphatic carbocycles. The van der Waals surface area contributed by atoms with Crippen LogP contribution in [0.2, 0.25) is 0 Å². The molecule has 0 radical (unpaired) electrons. The average molecular weight is 748 g/mol. The van der Waals surface area contributed by atoms with Gasteiger partial charge in [0.25, 0.3) is 0 Å². The normalized spacial score (nSPS) is 16.2. The third-order valence-corrected chi connectivity index (χ3v) is 13.0. The summed E-state index contributed by atoms with van der Waals surface area (Å²) < 4.78 is 2.53. The van der Waals surface area contributed by atoms with Gasteiger partial charge >= 0.3 is 0 Å². The molecule has 56 heavy (non-hydrogen) atoms. The Morgan fingerprint density at radius 1 is 0.750 bits per heavy atom. The van der Waals surface area contributed by atoms with Crippen LogP contribution in [0.5, 0.6) is 0 Å². The van der Waals surface area contributed by atoms with Gasteiger partial charge in [0.05, 0.1) is 5.52 Å². The molecule has 2 heteroatoms. The molecule has 1 aliphatic rings. The fourth-order valence-corrected chi connectivity index (χ4v) is 10.5. The quantitative estimate of drug-likeness (QED) is 0.0942. The van der Waals surface area contributed by atoms with Crippen LogP contribution >= 0.6 is 11.8 Å². The summed E-state index contributed by atoms with van der Waals surface area (Å²) in [6.45, 7) is 13.7. The second-order valence-corrected chi connectivity index (χ2v) is 16.5. The van der Waals surface area contributed by atoms with Crippen LogP contribution in [0.1, 0.15) is 83.2 Å². The van der Waals surface area contributed by atoms with Crippen molar-refractivity contribution in [3.63, 3.8) is 0 Å². The minimum Gasteiger partial charge on any atom is -0.313 e. The van der Waals surface area contributed by atoms with Crippen LogP contribution in [0.15, 0.2) is 156 Å². The highest BCUT2D eigenvalue weighted by Crippen LogP contribution is 2.48. The van der Waals surface area contributed by atoms with Crippen molar-refractivity contribution in [1.29, 1.82) is 0 Å². The van der Waals surface area contributed by atoms with Crippen molar-refractivity contribution in [3.05, 3.63) is 174 Å². The Kier molecular flexibility index (Phi) is 11.0. The molecular formula is C54H53NS. The monoisotopic (exact) mass is 747 g/mol. The molecule has 1 aromatic heterocycles. The molecule has 2 atom stereocenters. The molecule has 1 nitrogen and oxygen atoms in total. The predicted molar refractivity (Wildman–Crippen MR) is 248 cm³/mol. The SMILES string of the molecule is C/C=C\C(=C/CC)c1c2ccccc2c(-c2cccc(-n3c(CC)c(/C=C(\C)C(C)CC4Sc5ccccc5/C4=C/CC)c4ccccc43)c2)c2ccccc12. The summed E-state index contributed by atoms with van der Waals surface area (Å²) in [5.41, 5.74) is 14.7. The zero-order chi connectivity index (χ0) is 38.8. The number of nitrogens with zero attached hydrogens (tertiary/aromatic N) is 1. The molecule has 8 rings (SSSR count). The smallest absolute Gasteiger partial charge is 0.0537 e. The van der Waals surface area contributed by atoms with Gasteiger partial charge in [0.1, 0.15) is 0 Å². The molecule has 2 unspecified atom stereocenters. The lowest BCUT2D eigenvalue weighted by Crippen LogP contribution is -2.08. The van der Waals surface area contributed by atoms with Crippen molar-refractivity contribution in [1.82, 2.24) is 4.57 Å². The number of fused-ring (bicyclic) bond motifs is 4. The third-order valence-electron chi connectivity index (χ3n) is 11.7. The second kappa shape index (κ2) is 16.4. The standard InChI is InChI=1S/C54H53NS/c1-7-20-38(21-8-2)53-44-27-11-13-29-46(44)54(47-30-14-12-28-45(47)53)39-23-19-24-40(35-39)55-49(10-4)48(41-25-15-17-31-50(41)55)33-36(5)37(6)34-52-42(22-9-3)43-26-16-18-32-51(43)56-52/h7,11-33,35,37,52H,8-10,34H2,1-6H3/b20-7-,36-33+,38-21+,42-22-. The molecule has 7 aromatic rings. The Balaban J connectivity index is 1.24. The first-order chi connectivity index (χ1) is 27.5. The van der Waals surface area contributed by atoms with E-state index in [2.05, 4.69) is 198 Å². The van der Waals surface area contributed by atoms with E-state index in [0.29, 0.717) is 11.2 Å². The summed E-state index contributed by atoms with van der Waals surface area (Å²) in [7, 11) is 0. The van der Waals surface area contributed by atoms with Gasteiger partial charge < -0.3 is 4.57 Å². The summed E-state index contributed by atoms with van der Waals surface area (Å²) in [6, 6.07) is 45.2. The van der Waals surface area contributed by atoms with Crippen LogP contribution in [-0.2, 0) is 6.42 Å². The van der Waals surface area contributed by atoms with Gasteiger partial charge in [-0.2, -0.15) is 0 Å². The van der Waals surface area contributed by atoms with Crippen LogP contribution in [0, 0.1) is 5.92 Å². The van der Waals surface area contributed by atoms with Crippen molar-refractivity contribution in [2.45, 2.75) is 77.4 Å². The molecule has 0 spiro atoms. The summed E-state index contributed by atoms with van der Waals surface area (Å²) >= 11 is 2.05. The van der Waals surface area contributed by atoms with Crippen LogP contribution in [0.3, 0.4) is 0 Å². The number of para-hydroxylation sites is 1. The maximum Gasteiger partial charge on any atom is 0.0537 e. The lowest BCUT2D eigenvalue weighted by Gasteiger charge is -2.19. The first-order valence-corrected chi connectivity index (χ1v) is 21.5. The van der Waals surface area contributed by atoms with Gasteiger partial charge in [-0.25, -0.2) is 0 Å². The number of thioether (sulfide) groups is 1. The predicted octanol–water partition coefficient (Wildman–Crippen LogP) is 15.9. The van der Waals surface area contributed by atoms with Gasteiger partial charge in [0.15, 0.2) is 0 Å². The fourth-order valence-electron chi connectivity index (χ4n) is 9.04. The highest BCUT2D eigenvalue weighted by Gasteiger charge is 2.29. The minimum atomic E-state index is 0.447. The lowest BCUT2D eigenvalue weighted by atomic mass is 9.85. The van der Waals surface area contributed by atoms with E-state index in [-0.39, 0.29) is 0 Å². The summed E-state index contributed by atoms with van der Waals surface area (Å²) in [5, 5.41) is 6.95. The van der Waals surface area contributed by atoms with Crippen LogP contribution in [-0.4, -0.2) is 9.82 Å². The zero-order valence-electron chi connectivity index (χ0n) is 33.8. The maximum atomic E-state index is 2.53. The lowest BCUT2D eigenvalue weighted by molar-refractivity contribution is 0.639. The fraction of sp³-hybridized carbons (Fsp3) is 0.222. The molecule has 1 aliphatic heterocycles. The highest BCUT2D eigenvalue weighted by atomic mass is 32.2. The number of hydrogen-bond donors (Lipinski definition) is 0. The van der Waals surface area contributed by atoms with E-state index < -0.39 is 0 Å². The number of benzene rings is 6. The first kappa shape index (κ1) is 37.6. The second-order valence-electron chi connectivity index (χ2n) is 15.2. The summed E-state index contributed by atoms with van der Waals surface area (Å²) in [4.78, 5) is 1.42. The first-order valence-electron chi connectivity index (χ1n) is 20.6. The molecule has 0 amide bonds. The van der Waals surface area contributed by atoms with E-state index in [0.717, 1.165) is 25.7 Å². The molecule has 2 heterocycles. The number of rotatable bonds is 11. The van der Waals surface area contributed by atoms with Gasteiger partial charge in [0, 0.05) is 32.5 Å². The Hall–Kier alpha value is -5.31. The van der Waals surface area contributed by atoms with Crippen LogP contribution < -0.4 is 0 Å². The average Bonchev–Trinajstić information content (AvgIpc) is 3.74. The van der Waals surface area contributed by atoms with Gasteiger partial charge in [-0.05, 0) is 125 Å². The van der Waals surface area contributed by atoms with Crippen molar-refractivity contribution in [3.8, 4) is 16.8 Å². The van der Waals surface area contributed by atoms with Crippen molar-refractivity contribution >= 4 is 61.4 Å². The Morgan fingerprint density at radius 2 is 1.41 bits per heavy atom. The summed E-state index contributed by atoms with van der Waals surface area (Å²) in [6.07, 6.45) is 15.9. The third kappa shape index (κ3) is 6.79. The Morgan fingerprint density at radius 3 is 2.09 bits per heavy atom. The molecule has 280 valence electrons. The Labute approximate surface area is 338 Å². The van der Waals surface area contributed by atoms with Gasteiger partial charge in [0.2, 0.25) is 0 Å². The summed E-state index contributed by atoms with van der Waals surface area (Å²) in [5.74, 6) is 0.447. The van der Waals surface area contributed by atoms with Crippen molar-refractivity contribution < 1.29 is 0 Å². The van der Waals surface area contributed by atoms with Crippen LogP contribution in [0.4, 0.5) is 0 Å². The zero-order valence-corrected chi connectivity index (χ0v) is 34.6. The molecule has 6 aromatic carbocycles. The molecular weight excluding hydrogens is 695 g/mol. The van der Waals surface area contributed by atoms with E-state index in [4.69, 9.17) is 0 Å². The van der Waals surface area contributed by atoms with Crippen LogP contribution in [0.25, 0.3) is 66.5 Å². The maximum absolute atomic E-state index is 2.53. The molecule has 0 bridgehead atoms. The molecule has 0 fully saturated rings. The van der Waals surface area contributed by atoms with Crippen molar-refractivity contribution in [2.75, 3.05) is 0 Å². The largest absolute Gasteiger partial charge is 0.313 e. The van der Waals surface area contributed by atoms with Gasteiger partial charge in [-0.3, -0.25) is 0 Å². The van der Waals surface area contributed by atoms with E-state index in [1.165, 1.54) is 93.3 Å². The van der Waals surface area contributed by atoms with E-state index >= 15 is 0 Å². The Bertz CT molecular complexity index is 2640. The van der Waals surface area contributed by atoms with E-state index in [1.807, 2.05) is 11.8 Å². The van der Waals surface area contributed by atoms with E-state index in [1.54, 1.807) is 0 Å². The minimum absolute atomic E-state index is 0.447. The van der Waals surface area contributed by atoms with E-state index in [9.17, 15) is 0 Å². The number of aromatic nitrogens is 1. The number of hydrogen-bond acceptors (Lipinski definition) is 1. The highest BCUT2D eigenvalue weighted by molar-refractivity contribution is 8.00. The van der Waals surface area contributed by atoms with Gasteiger partial charge in [-0.15, -0.1) is 11.8 Å². The number of allylic oxidation sites excluding steroid dienone is 6. The molecule has 0 saturated carbocycles. The molecule has 0 saturated heterocycles. The molecule has 0 N–H and O–H groups in total. The topological polar surface area (TPSA) is 4.93 Å². The van der Waals surface area contributed by atoms with Gasteiger partial charge in [-0.1, -0.05) is 161 Å². The van der Waals surface area contributed by atoms with Crippen molar-refractivity contribution in [2.24, 2.45) is 5.92 Å².